The van der Waals surface area contributed by atoms with Gasteiger partial charge in [0.25, 0.3) is 0 Å². The highest BCUT2D eigenvalue weighted by molar-refractivity contribution is 7.89. The average Bonchev–Trinajstić information content (AvgIpc) is 1.98. The van der Waals surface area contributed by atoms with Crippen LogP contribution in [0.5, 0.6) is 0 Å². The second kappa shape index (κ2) is 6.34. The molecule has 0 unspecified atom stereocenters. The summed E-state index contributed by atoms with van der Waals surface area (Å²) in [4.78, 5) is 0. The summed E-state index contributed by atoms with van der Waals surface area (Å²) >= 11 is 0. The van der Waals surface area contributed by atoms with E-state index in [-0.39, 0.29) is 12.3 Å². The van der Waals surface area contributed by atoms with E-state index in [1.165, 1.54) is 0 Å². The molecule has 5 heteroatoms. The van der Waals surface area contributed by atoms with Crippen molar-refractivity contribution in [2.45, 2.75) is 26.7 Å². The smallest absolute Gasteiger partial charge is 0.212 e. The summed E-state index contributed by atoms with van der Waals surface area (Å²) in [5.41, 5.74) is 5.15. The molecule has 0 radical (unpaired) electrons. The summed E-state index contributed by atoms with van der Waals surface area (Å²) in [6.07, 6.45) is 1.94. The molecule has 0 rings (SSSR count). The van der Waals surface area contributed by atoms with Crippen LogP contribution in [0.2, 0.25) is 0 Å². The van der Waals surface area contributed by atoms with Crippen molar-refractivity contribution in [2.75, 3.05) is 18.8 Å². The fourth-order valence-electron chi connectivity index (χ4n) is 0.965. The highest BCUT2D eigenvalue weighted by Gasteiger charge is 2.06. The molecule has 0 aliphatic heterocycles. The molecule has 0 bridgehead atoms. The van der Waals surface area contributed by atoms with E-state index in [1.807, 2.05) is 0 Å². The van der Waals surface area contributed by atoms with Crippen LogP contribution in [0.3, 0.4) is 0 Å². The molecule has 0 fully saturated rings. The maximum atomic E-state index is 11.1. The highest BCUT2D eigenvalue weighted by Crippen LogP contribution is 2.01. The van der Waals surface area contributed by atoms with Crippen molar-refractivity contribution in [1.29, 1.82) is 0 Å². The lowest BCUT2D eigenvalue weighted by atomic mass is 10.1. The van der Waals surface area contributed by atoms with Crippen LogP contribution >= 0.6 is 0 Å². The lowest BCUT2D eigenvalue weighted by molar-refractivity contribution is 0.540. The Morgan fingerprint density at radius 3 is 2.46 bits per heavy atom. The predicted molar refractivity (Wildman–Crippen MR) is 54.9 cm³/mol. The quantitative estimate of drug-likeness (QED) is 0.591. The van der Waals surface area contributed by atoms with Gasteiger partial charge in [-0.2, -0.15) is 0 Å². The standard InChI is InChI=1S/C8H20N2O2S/c1-8(2)4-3-6-10-13(11,12)7-5-9/h8,10H,3-7,9H2,1-2H3. The van der Waals surface area contributed by atoms with E-state index in [2.05, 4.69) is 18.6 Å². The molecule has 13 heavy (non-hydrogen) atoms. The third-order valence-corrected chi connectivity index (χ3v) is 3.08. The maximum Gasteiger partial charge on any atom is 0.212 e. The van der Waals surface area contributed by atoms with Gasteiger partial charge in [-0.15, -0.1) is 0 Å². The van der Waals surface area contributed by atoms with Gasteiger partial charge in [0.15, 0.2) is 0 Å². The first kappa shape index (κ1) is 12.9. The molecule has 0 aliphatic rings. The van der Waals surface area contributed by atoms with Gasteiger partial charge < -0.3 is 5.73 Å². The van der Waals surface area contributed by atoms with Gasteiger partial charge in [-0.3, -0.25) is 0 Å². The number of hydrogen-bond donors (Lipinski definition) is 2. The minimum atomic E-state index is -3.10. The Balaban J connectivity index is 3.53. The fourth-order valence-corrected chi connectivity index (χ4v) is 1.88. The van der Waals surface area contributed by atoms with Crippen molar-refractivity contribution < 1.29 is 8.42 Å². The van der Waals surface area contributed by atoms with E-state index in [4.69, 9.17) is 5.73 Å². The number of nitrogens with one attached hydrogen (secondary N) is 1. The predicted octanol–water partition coefficient (Wildman–Crippen LogP) is 0.301. The topological polar surface area (TPSA) is 72.2 Å². The third-order valence-electron chi connectivity index (χ3n) is 1.67. The number of nitrogens with two attached hydrogens (primary N) is 1. The van der Waals surface area contributed by atoms with Gasteiger partial charge in [-0.25, -0.2) is 13.1 Å². The maximum absolute atomic E-state index is 11.1. The molecule has 0 aromatic heterocycles. The van der Waals surface area contributed by atoms with E-state index in [0.29, 0.717) is 12.5 Å². The van der Waals surface area contributed by atoms with Gasteiger partial charge in [0.2, 0.25) is 10.0 Å². The van der Waals surface area contributed by atoms with Gasteiger partial charge in [-0.1, -0.05) is 13.8 Å². The zero-order valence-electron chi connectivity index (χ0n) is 8.41. The first-order chi connectivity index (χ1) is 5.98. The van der Waals surface area contributed by atoms with Crippen molar-refractivity contribution in [3.8, 4) is 0 Å². The van der Waals surface area contributed by atoms with Crippen LogP contribution in [0.1, 0.15) is 26.7 Å². The van der Waals surface area contributed by atoms with E-state index < -0.39 is 10.0 Å². The van der Waals surface area contributed by atoms with Crippen LogP contribution in [0, 0.1) is 5.92 Å². The highest BCUT2D eigenvalue weighted by atomic mass is 32.2. The molecular weight excluding hydrogens is 188 g/mol. The largest absolute Gasteiger partial charge is 0.329 e. The molecule has 3 N–H and O–H groups in total. The minimum Gasteiger partial charge on any atom is -0.329 e. The molecule has 0 atom stereocenters. The van der Waals surface area contributed by atoms with Crippen LogP contribution < -0.4 is 10.5 Å². The normalized spacial score (nSPS) is 12.3. The van der Waals surface area contributed by atoms with E-state index >= 15 is 0 Å². The Labute approximate surface area is 80.9 Å². The Hall–Kier alpha value is -0.130. The van der Waals surface area contributed by atoms with E-state index in [0.717, 1.165) is 12.8 Å². The van der Waals surface area contributed by atoms with Gasteiger partial charge in [0.1, 0.15) is 0 Å². The zero-order valence-corrected chi connectivity index (χ0v) is 9.23. The van der Waals surface area contributed by atoms with Gasteiger partial charge in [0.05, 0.1) is 5.75 Å². The van der Waals surface area contributed by atoms with Crippen LogP contribution in [-0.4, -0.2) is 27.3 Å². The molecule has 0 amide bonds. The molecule has 0 spiro atoms. The van der Waals surface area contributed by atoms with E-state index in [1.54, 1.807) is 0 Å². The first-order valence-corrected chi connectivity index (χ1v) is 6.30. The van der Waals surface area contributed by atoms with Crippen LogP contribution in [-0.2, 0) is 10.0 Å². The first-order valence-electron chi connectivity index (χ1n) is 4.65. The molecule has 80 valence electrons. The van der Waals surface area contributed by atoms with Crippen molar-refractivity contribution in [2.24, 2.45) is 11.7 Å². The van der Waals surface area contributed by atoms with Crippen LogP contribution in [0.25, 0.3) is 0 Å². The number of sulfonamides is 1. The molecule has 0 aromatic carbocycles. The van der Waals surface area contributed by atoms with Gasteiger partial charge in [0, 0.05) is 13.1 Å². The van der Waals surface area contributed by atoms with Crippen molar-refractivity contribution in [3.05, 3.63) is 0 Å². The van der Waals surface area contributed by atoms with Crippen molar-refractivity contribution in [1.82, 2.24) is 4.72 Å². The molecule has 0 aromatic rings. The zero-order chi connectivity index (χ0) is 10.3. The molecule has 0 saturated carbocycles. The summed E-state index contributed by atoms with van der Waals surface area (Å²) < 4.78 is 24.7. The van der Waals surface area contributed by atoms with Gasteiger partial charge in [-0.05, 0) is 18.8 Å². The van der Waals surface area contributed by atoms with E-state index in [9.17, 15) is 8.42 Å². The Morgan fingerprint density at radius 2 is 2.00 bits per heavy atom. The molecule has 0 heterocycles. The van der Waals surface area contributed by atoms with Crippen LogP contribution in [0.15, 0.2) is 0 Å². The van der Waals surface area contributed by atoms with Gasteiger partial charge >= 0.3 is 0 Å². The SMILES string of the molecule is CC(C)CCCNS(=O)(=O)CCN. The number of hydrogen-bond acceptors (Lipinski definition) is 3. The summed E-state index contributed by atoms with van der Waals surface area (Å²) in [5, 5.41) is 0. The minimum absolute atomic E-state index is 0.0225. The molecule has 4 nitrogen and oxygen atoms in total. The third kappa shape index (κ3) is 8.21. The summed E-state index contributed by atoms with van der Waals surface area (Å²) in [5.74, 6) is 0.647. The van der Waals surface area contributed by atoms with Crippen molar-refractivity contribution >= 4 is 10.0 Å². The second-order valence-electron chi connectivity index (χ2n) is 3.54. The Morgan fingerprint density at radius 1 is 1.38 bits per heavy atom. The molecule has 0 aliphatic carbocycles. The Bertz CT molecular complexity index is 212. The molecule has 0 saturated heterocycles. The lowest BCUT2D eigenvalue weighted by Crippen LogP contribution is -2.30. The average molecular weight is 208 g/mol. The Kier molecular flexibility index (Phi) is 6.28. The summed E-state index contributed by atoms with van der Waals surface area (Å²) in [6, 6.07) is 0. The number of rotatable bonds is 7. The second-order valence-corrected chi connectivity index (χ2v) is 5.46. The van der Waals surface area contributed by atoms with Crippen LogP contribution in [0.4, 0.5) is 0 Å². The summed E-state index contributed by atoms with van der Waals surface area (Å²) in [6.45, 7) is 4.95. The monoisotopic (exact) mass is 208 g/mol. The summed E-state index contributed by atoms with van der Waals surface area (Å²) in [7, 11) is -3.10. The fraction of sp³-hybridized carbons (Fsp3) is 1.00. The molecular formula is C8H20N2O2S. The van der Waals surface area contributed by atoms with Crippen molar-refractivity contribution in [3.63, 3.8) is 0 Å². The lowest BCUT2D eigenvalue weighted by Gasteiger charge is -2.06.